The van der Waals surface area contributed by atoms with Crippen LogP contribution in [0.25, 0.3) is 11.2 Å². The number of hydrogen-bond donors (Lipinski definition) is 1. The van der Waals surface area contributed by atoms with Crippen LogP contribution in [0.2, 0.25) is 10.0 Å². The van der Waals surface area contributed by atoms with Crippen molar-refractivity contribution in [2.75, 3.05) is 44.2 Å². The maximum atomic E-state index is 13.9. The predicted octanol–water partition coefficient (Wildman–Crippen LogP) is 5.63. The van der Waals surface area contributed by atoms with Crippen LogP contribution in [-0.2, 0) is 16.2 Å². The fourth-order valence-electron chi connectivity index (χ4n) is 6.00. The van der Waals surface area contributed by atoms with E-state index in [0.717, 1.165) is 25.9 Å². The highest BCUT2D eigenvalue weighted by molar-refractivity contribution is 7.90. The summed E-state index contributed by atoms with van der Waals surface area (Å²) in [5.41, 5.74) is -0.787. The maximum absolute atomic E-state index is 13.9. The summed E-state index contributed by atoms with van der Waals surface area (Å²) in [5, 5.41) is 4.17. The van der Waals surface area contributed by atoms with E-state index in [9.17, 15) is 21.6 Å². The van der Waals surface area contributed by atoms with Crippen molar-refractivity contribution in [2.45, 2.75) is 58.0 Å². The number of anilines is 1. The van der Waals surface area contributed by atoms with Gasteiger partial charge in [0.25, 0.3) is 0 Å². The number of fused-ring (bicyclic) bond motifs is 1. The average molecular weight is 663 g/mol. The standard InChI is InChI=1S/C28H36Cl2F3N7O2S/c1-17(2)43(41,42)35-9-11-38-10-5-8-27(4,16-38)19-14-39(15-19)23-13-34-24-25(28(31,32)33)37-40(26(24)36-23)18(3)21-7-6-20(29)12-22(21)30/h6-7,12-13,17-19,35H,5,8-11,14-16H2,1-4H3/t18-,27-/m1/s1. The van der Waals surface area contributed by atoms with Crippen LogP contribution >= 0.6 is 23.2 Å². The third kappa shape index (κ3) is 6.61. The minimum absolute atomic E-state index is 0.0221. The highest BCUT2D eigenvalue weighted by Gasteiger charge is 2.45. The van der Waals surface area contributed by atoms with E-state index in [1.54, 1.807) is 39.0 Å². The van der Waals surface area contributed by atoms with Crippen molar-refractivity contribution in [3.8, 4) is 0 Å². The van der Waals surface area contributed by atoms with Crippen molar-refractivity contribution in [3.63, 3.8) is 0 Å². The molecule has 9 nitrogen and oxygen atoms in total. The molecule has 2 atom stereocenters. The molecule has 2 fully saturated rings. The van der Waals surface area contributed by atoms with Gasteiger partial charge in [-0.3, -0.25) is 0 Å². The molecule has 2 aliphatic heterocycles. The second-order valence-corrected chi connectivity index (χ2v) is 15.3. The monoisotopic (exact) mass is 661 g/mol. The molecular formula is C28H36Cl2F3N7O2S. The van der Waals surface area contributed by atoms with Crippen molar-refractivity contribution in [1.29, 1.82) is 0 Å². The van der Waals surface area contributed by atoms with Gasteiger partial charge in [0.15, 0.2) is 11.3 Å². The van der Waals surface area contributed by atoms with E-state index in [4.69, 9.17) is 23.2 Å². The molecular weight excluding hydrogens is 626 g/mol. The van der Waals surface area contributed by atoms with Crippen molar-refractivity contribution in [3.05, 3.63) is 45.7 Å². The number of aromatic nitrogens is 4. The van der Waals surface area contributed by atoms with Gasteiger partial charge in [0.1, 0.15) is 11.3 Å². The Morgan fingerprint density at radius 3 is 2.56 bits per heavy atom. The zero-order valence-corrected chi connectivity index (χ0v) is 26.8. The van der Waals surface area contributed by atoms with E-state index in [-0.39, 0.29) is 16.6 Å². The number of likely N-dealkylation sites (tertiary alicyclic amines) is 1. The molecule has 2 aliphatic rings. The van der Waals surface area contributed by atoms with E-state index in [0.29, 0.717) is 53.5 Å². The average Bonchev–Trinajstić information content (AvgIpc) is 3.27. The Kier molecular flexibility index (Phi) is 8.96. The maximum Gasteiger partial charge on any atom is 0.437 e. The molecule has 0 unspecified atom stereocenters. The number of piperidine rings is 1. The topological polar surface area (TPSA) is 96.3 Å². The van der Waals surface area contributed by atoms with Crippen LogP contribution in [0.5, 0.6) is 0 Å². The van der Waals surface area contributed by atoms with Gasteiger partial charge in [-0.1, -0.05) is 36.2 Å². The number of rotatable bonds is 9. The van der Waals surface area contributed by atoms with Gasteiger partial charge in [-0.25, -0.2) is 27.8 Å². The number of alkyl halides is 3. The lowest BCUT2D eigenvalue weighted by Gasteiger charge is -2.53. The highest BCUT2D eigenvalue weighted by atomic mass is 35.5. The summed E-state index contributed by atoms with van der Waals surface area (Å²) in [6, 6.07) is 4.18. The highest BCUT2D eigenvalue weighted by Crippen LogP contribution is 2.43. The third-order valence-corrected chi connectivity index (χ3v) is 11.2. The Labute approximate surface area is 259 Å². The van der Waals surface area contributed by atoms with E-state index in [1.165, 1.54) is 10.9 Å². The van der Waals surface area contributed by atoms with Gasteiger partial charge in [0.2, 0.25) is 10.0 Å². The first-order valence-corrected chi connectivity index (χ1v) is 16.6. The molecule has 5 rings (SSSR count). The number of nitrogens with zero attached hydrogens (tertiary/aromatic N) is 6. The fourth-order valence-corrected chi connectivity index (χ4v) is 7.28. The molecule has 0 bridgehead atoms. The smallest absolute Gasteiger partial charge is 0.355 e. The van der Waals surface area contributed by atoms with Gasteiger partial charge in [0, 0.05) is 48.7 Å². The Balaban J connectivity index is 1.32. The van der Waals surface area contributed by atoms with Gasteiger partial charge in [-0.15, -0.1) is 0 Å². The van der Waals surface area contributed by atoms with Crippen molar-refractivity contribution in [2.24, 2.45) is 11.3 Å². The van der Waals surface area contributed by atoms with Gasteiger partial charge < -0.3 is 9.80 Å². The minimum Gasteiger partial charge on any atom is -0.355 e. The lowest BCUT2D eigenvalue weighted by atomic mass is 9.68. The minimum atomic E-state index is -4.71. The van der Waals surface area contributed by atoms with Gasteiger partial charge in [-0.05, 0) is 63.3 Å². The molecule has 2 aromatic heterocycles. The molecule has 1 N–H and O–H groups in total. The van der Waals surface area contributed by atoms with Gasteiger partial charge >= 0.3 is 6.18 Å². The quantitative estimate of drug-likeness (QED) is 0.318. The van der Waals surface area contributed by atoms with E-state index in [1.807, 2.05) is 4.90 Å². The second kappa shape index (κ2) is 12.0. The number of benzene rings is 1. The van der Waals surface area contributed by atoms with E-state index >= 15 is 0 Å². The van der Waals surface area contributed by atoms with Crippen molar-refractivity contribution < 1.29 is 21.6 Å². The molecule has 0 spiro atoms. The third-order valence-electron chi connectivity index (χ3n) is 8.79. The zero-order valence-electron chi connectivity index (χ0n) is 24.5. The van der Waals surface area contributed by atoms with Crippen LogP contribution in [0.1, 0.15) is 57.8 Å². The predicted molar refractivity (Wildman–Crippen MR) is 162 cm³/mol. The Bertz CT molecular complexity index is 1590. The van der Waals surface area contributed by atoms with Crippen LogP contribution in [-0.4, -0.2) is 77.6 Å². The molecule has 0 radical (unpaired) electrons. The van der Waals surface area contributed by atoms with Crippen LogP contribution in [0, 0.1) is 11.3 Å². The Morgan fingerprint density at radius 1 is 1.19 bits per heavy atom. The molecule has 236 valence electrons. The summed E-state index contributed by atoms with van der Waals surface area (Å²) in [6.45, 7) is 11.5. The van der Waals surface area contributed by atoms with Gasteiger partial charge in [-0.2, -0.15) is 18.3 Å². The molecule has 0 amide bonds. The summed E-state index contributed by atoms with van der Waals surface area (Å²) in [7, 11) is -3.30. The van der Waals surface area contributed by atoms with E-state index in [2.05, 4.69) is 31.6 Å². The molecule has 3 aromatic rings. The van der Waals surface area contributed by atoms with Crippen LogP contribution in [0.3, 0.4) is 0 Å². The number of halogens is 5. The molecule has 15 heteroatoms. The number of nitrogens with one attached hydrogen (secondary N) is 1. The van der Waals surface area contributed by atoms with Crippen molar-refractivity contribution in [1.82, 2.24) is 29.4 Å². The lowest BCUT2D eigenvalue weighted by Crippen LogP contribution is -2.59. The summed E-state index contributed by atoms with van der Waals surface area (Å²) >= 11 is 12.4. The van der Waals surface area contributed by atoms with Crippen LogP contribution in [0.15, 0.2) is 24.4 Å². The first-order valence-electron chi connectivity index (χ1n) is 14.3. The van der Waals surface area contributed by atoms with Gasteiger partial charge in [0.05, 0.1) is 17.5 Å². The summed E-state index contributed by atoms with van der Waals surface area (Å²) in [6.07, 6.45) is -1.26. The molecule has 43 heavy (non-hydrogen) atoms. The number of sulfonamides is 1. The largest absolute Gasteiger partial charge is 0.437 e. The fraction of sp³-hybridized carbons (Fsp3) is 0.607. The Hall–Kier alpha value is -2.19. The molecule has 0 saturated carbocycles. The zero-order chi connectivity index (χ0) is 31.3. The molecule has 1 aromatic carbocycles. The molecule has 4 heterocycles. The summed E-state index contributed by atoms with van der Waals surface area (Å²) < 4.78 is 69.9. The molecule has 0 aliphatic carbocycles. The summed E-state index contributed by atoms with van der Waals surface area (Å²) in [5.74, 6) is 0.843. The van der Waals surface area contributed by atoms with Crippen LogP contribution < -0.4 is 9.62 Å². The van der Waals surface area contributed by atoms with E-state index < -0.39 is 33.2 Å². The SMILES string of the molecule is CC(C)S(=O)(=O)NCCN1CCC[C@@](C)(C2CN(c3cnc4c(C(F)(F)F)nn([C@H](C)c5ccc(Cl)cc5Cl)c4n3)C2)C1. The number of hydrogen-bond acceptors (Lipinski definition) is 7. The lowest BCUT2D eigenvalue weighted by molar-refractivity contribution is -0.140. The second-order valence-electron chi connectivity index (χ2n) is 12.2. The Morgan fingerprint density at radius 2 is 1.91 bits per heavy atom. The summed E-state index contributed by atoms with van der Waals surface area (Å²) in [4.78, 5) is 13.2. The first kappa shape index (κ1) is 32.2. The van der Waals surface area contributed by atoms with Crippen LogP contribution in [0.4, 0.5) is 19.0 Å². The van der Waals surface area contributed by atoms with Crippen molar-refractivity contribution >= 4 is 50.2 Å². The first-order chi connectivity index (χ1) is 20.1. The molecule has 2 saturated heterocycles. The normalized spacial score (nSPS) is 21.5.